The van der Waals surface area contributed by atoms with E-state index in [1.54, 1.807) is 24.3 Å². The van der Waals surface area contributed by atoms with Crippen molar-refractivity contribution in [1.82, 2.24) is 5.01 Å². The number of hydrogen-bond donors (Lipinski definition) is 1. The van der Waals surface area contributed by atoms with Crippen LogP contribution in [0.5, 0.6) is 5.75 Å². The fourth-order valence-electron chi connectivity index (χ4n) is 2.71. The van der Waals surface area contributed by atoms with Crippen molar-refractivity contribution < 1.29 is 9.90 Å². The van der Waals surface area contributed by atoms with Crippen molar-refractivity contribution in [3.05, 3.63) is 63.6 Å². The summed E-state index contributed by atoms with van der Waals surface area (Å²) in [6, 6.07) is 12.4. The lowest BCUT2D eigenvalue weighted by atomic mass is 10.0. The molecule has 2 aromatic rings. The van der Waals surface area contributed by atoms with Crippen molar-refractivity contribution in [2.75, 3.05) is 0 Å². The van der Waals surface area contributed by atoms with Gasteiger partial charge in [-0.2, -0.15) is 5.10 Å². The Morgan fingerprint density at radius 1 is 1.22 bits per heavy atom. The molecule has 0 saturated carbocycles. The SMILES string of the molecule is CC1=NN(C(=O)c2ccc(C)cc2)C(c2cc(Br)ccc2O)C1. The van der Waals surface area contributed by atoms with Crippen molar-refractivity contribution in [3.8, 4) is 5.75 Å². The number of nitrogens with zero attached hydrogens (tertiary/aromatic N) is 2. The van der Waals surface area contributed by atoms with Crippen molar-refractivity contribution in [3.63, 3.8) is 0 Å². The average Bonchev–Trinajstić information content (AvgIpc) is 2.91. The summed E-state index contributed by atoms with van der Waals surface area (Å²) in [7, 11) is 0. The molecule has 0 radical (unpaired) electrons. The molecule has 1 aliphatic heterocycles. The molecule has 118 valence electrons. The smallest absolute Gasteiger partial charge is 0.274 e. The molecule has 1 heterocycles. The van der Waals surface area contributed by atoms with Gasteiger partial charge in [0.25, 0.3) is 5.91 Å². The zero-order valence-electron chi connectivity index (χ0n) is 13.0. The first-order chi connectivity index (χ1) is 11.0. The van der Waals surface area contributed by atoms with Crippen molar-refractivity contribution in [2.45, 2.75) is 26.3 Å². The first-order valence-corrected chi connectivity index (χ1v) is 8.18. The topological polar surface area (TPSA) is 52.9 Å². The maximum absolute atomic E-state index is 12.8. The van der Waals surface area contributed by atoms with Crippen LogP contribution >= 0.6 is 15.9 Å². The lowest BCUT2D eigenvalue weighted by Gasteiger charge is -2.23. The predicted octanol–water partition coefficient (Wildman–Crippen LogP) is 4.43. The van der Waals surface area contributed by atoms with E-state index in [2.05, 4.69) is 21.0 Å². The third kappa shape index (κ3) is 3.15. The summed E-state index contributed by atoms with van der Waals surface area (Å²) >= 11 is 3.42. The zero-order valence-corrected chi connectivity index (χ0v) is 14.5. The standard InChI is InChI=1S/C18H17BrN2O2/c1-11-3-5-13(6-4-11)18(23)21-16(9-12(2)20-21)15-10-14(19)7-8-17(15)22/h3-8,10,16,22H,9H2,1-2H3. The molecule has 0 aliphatic carbocycles. The second kappa shape index (κ2) is 6.16. The molecule has 0 spiro atoms. The number of hydrazone groups is 1. The number of halogens is 1. The van der Waals surface area contributed by atoms with Gasteiger partial charge in [-0.3, -0.25) is 4.79 Å². The van der Waals surface area contributed by atoms with Crippen LogP contribution in [0.25, 0.3) is 0 Å². The summed E-state index contributed by atoms with van der Waals surface area (Å²) in [5, 5.41) is 16.0. The lowest BCUT2D eigenvalue weighted by molar-refractivity contribution is 0.0709. The van der Waals surface area contributed by atoms with Crippen LogP contribution in [0.3, 0.4) is 0 Å². The summed E-state index contributed by atoms with van der Waals surface area (Å²) in [4.78, 5) is 12.8. The maximum atomic E-state index is 12.8. The number of rotatable bonds is 2. The molecule has 1 N–H and O–H groups in total. The number of phenolic OH excluding ortho intramolecular Hbond substituents is 1. The summed E-state index contributed by atoms with van der Waals surface area (Å²) in [5.41, 5.74) is 3.26. The molecule has 4 nitrogen and oxygen atoms in total. The summed E-state index contributed by atoms with van der Waals surface area (Å²) in [6.45, 7) is 3.87. The van der Waals surface area contributed by atoms with Crippen LogP contribution in [0.1, 0.15) is 40.9 Å². The van der Waals surface area contributed by atoms with E-state index in [1.165, 1.54) is 5.01 Å². The van der Waals surface area contributed by atoms with Crippen LogP contribution in [0.15, 0.2) is 52.0 Å². The van der Waals surface area contributed by atoms with Crippen LogP contribution in [0, 0.1) is 6.92 Å². The number of hydrogen-bond acceptors (Lipinski definition) is 3. The Morgan fingerprint density at radius 2 is 1.91 bits per heavy atom. The molecule has 0 aromatic heterocycles. The maximum Gasteiger partial charge on any atom is 0.274 e. The first kappa shape index (κ1) is 15.7. The monoisotopic (exact) mass is 372 g/mol. The van der Waals surface area contributed by atoms with Gasteiger partial charge >= 0.3 is 0 Å². The van der Waals surface area contributed by atoms with Crippen molar-refractivity contribution >= 4 is 27.5 Å². The van der Waals surface area contributed by atoms with E-state index in [4.69, 9.17) is 0 Å². The highest BCUT2D eigenvalue weighted by Gasteiger charge is 2.33. The van der Waals surface area contributed by atoms with Crippen LogP contribution in [0.2, 0.25) is 0 Å². The number of aromatic hydroxyl groups is 1. The highest BCUT2D eigenvalue weighted by molar-refractivity contribution is 9.10. The van der Waals surface area contributed by atoms with Gasteiger partial charge in [-0.15, -0.1) is 0 Å². The van der Waals surface area contributed by atoms with E-state index >= 15 is 0 Å². The normalized spacial score (nSPS) is 17.3. The van der Waals surface area contributed by atoms with Gasteiger partial charge in [0.05, 0.1) is 6.04 Å². The number of amides is 1. The molecular weight excluding hydrogens is 356 g/mol. The largest absolute Gasteiger partial charge is 0.508 e. The van der Waals surface area contributed by atoms with Gasteiger partial charge in [0.1, 0.15) is 5.75 Å². The Morgan fingerprint density at radius 3 is 2.61 bits per heavy atom. The van der Waals surface area contributed by atoms with Gasteiger partial charge in [-0.25, -0.2) is 5.01 Å². The van der Waals surface area contributed by atoms with Crippen molar-refractivity contribution in [1.29, 1.82) is 0 Å². The molecule has 0 saturated heterocycles. The van der Waals surface area contributed by atoms with Crippen LogP contribution in [0.4, 0.5) is 0 Å². The van der Waals surface area contributed by atoms with Crippen LogP contribution in [-0.4, -0.2) is 21.7 Å². The average molecular weight is 373 g/mol. The molecule has 1 atom stereocenters. The number of carbonyl (C=O) groups is 1. The van der Waals surface area contributed by atoms with Gasteiger partial charge in [-0.05, 0) is 44.2 Å². The molecule has 3 rings (SSSR count). The third-order valence-electron chi connectivity index (χ3n) is 3.92. The number of aryl methyl sites for hydroxylation is 1. The quantitative estimate of drug-likeness (QED) is 0.847. The highest BCUT2D eigenvalue weighted by atomic mass is 79.9. The van der Waals surface area contributed by atoms with Crippen LogP contribution < -0.4 is 0 Å². The Kier molecular flexibility index (Phi) is 4.22. The molecule has 0 bridgehead atoms. The first-order valence-electron chi connectivity index (χ1n) is 7.38. The van der Waals surface area contributed by atoms with E-state index < -0.39 is 0 Å². The number of benzene rings is 2. The minimum absolute atomic E-state index is 0.161. The molecule has 0 fully saturated rings. The van der Waals surface area contributed by atoms with Gasteiger partial charge in [0.2, 0.25) is 0 Å². The second-order valence-corrected chi connectivity index (χ2v) is 6.69. The molecule has 1 unspecified atom stereocenters. The van der Waals surface area contributed by atoms with E-state index in [0.29, 0.717) is 17.5 Å². The van der Waals surface area contributed by atoms with Gasteiger partial charge in [0, 0.05) is 27.7 Å². The minimum Gasteiger partial charge on any atom is -0.508 e. The molecule has 5 heteroatoms. The van der Waals surface area contributed by atoms with Crippen molar-refractivity contribution in [2.24, 2.45) is 5.10 Å². The zero-order chi connectivity index (χ0) is 16.6. The van der Waals surface area contributed by atoms with E-state index in [0.717, 1.165) is 15.7 Å². The highest BCUT2D eigenvalue weighted by Crippen LogP contribution is 2.37. The fraction of sp³-hybridized carbons (Fsp3) is 0.222. The lowest BCUT2D eigenvalue weighted by Crippen LogP contribution is -2.27. The number of carbonyl (C=O) groups excluding carboxylic acids is 1. The van der Waals surface area contributed by atoms with E-state index in [1.807, 2.05) is 32.0 Å². The van der Waals surface area contributed by atoms with Gasteiger partial charge in [0.15, 0.2) is 0 Å². The molecule has 23 heavy (non-hydrogen) atoms. The molecule has 2 aromatic carbocycles. The Labute approximate surface area is 143 Å². The minimum atomic E-state index is -0.290. The fourth-order valence-corrected chi connectivity index (χ4v) is 3.09. The summed E-state index contributed by atoms with van der Waals surface area (Å²) in [6.07, 6.45) is 0.613. The Balaban J connectivity index is 1.97. The Bertz CT molecular complexity index is 784. The van der Waals surface area contributed by atoms with E-state index in [-0.39, 0.29) is 17.7 Å². The predicted molar refractivity (Wildman–Crippen MR) is 93.6 cm³/mol. The second-order valence-electron chi connectivity index (χ2n) is 5.77. The molecule has 1 aliphatic rings. The van der Waals surface area contributed by atoms with Gasteiger partial charge in [-0.1, -0.05) is 33.6 Å². The molecule has 1 amide bonds. The van der Waals surface area contributed by atoms with Gasteiger partial charge < -0.3 is 5.11 Å². The van der Waals surface area contributed by atoms with Crippen LogP contribution in [-0.2, 0) is 0 Å². The summed E-state index contributed by atoms with van der Waals surface area (Å²) < 4.78 is 0.859. The Hall–Kier alpha value is -2.14. The van der Waals surface area contributed by atoms with E-state index in [9.17, 15) is 9.90 Å². The number of phenols is 1. The third-order valence-corrected chi connectivity index (χ3v) is 4.41. The summed E-state index contributed by atoms with van der Waals surface area (Å²) in [5.74, 6) is 0.0102. The molecular formula is C18H17BrN2O2.